The summed E-state index contributed by atoms with van der Waals surface area (Å²) in [6.07, 6.45) is 1.65. The molecule has 1 aromatic heterocycles. The van der Waals surface area contributed by atoms with Crippen LogP contribution in [0.1, 0.15) is 11.1 Å². The van der Waals surface area contributed by atoms with Crippen molar-refractivity contribution in [3.8, 4) is 5.75 Å². The Kier molecular flexibility index (Phi) is 5.15. The second-order valence-electron chi connectivity index (χ2n) is 6.22. The highest BCUT2D eigenvalue weighted by Crippen LogP contribution is 2.19. The van der Waals surface area contributed by atoms with Crippen LogP contribution in [0.4, 0.5) is 11.6 Å². The zero-order chi connectivity index (χ0) is 20.1. The van der Waals surface area contributed by atoms with E-state index in [0.29, 0.717) is 18.3 Å². The minimum absolute atomic E-state index is 0.0537. The summed E-state index contributed by atoms with van der Waals surface area (Å²) in [6.45, 7) is 0.292. The SMILES string of the molecule is O=[N+]([O-])c1ccc(COc2ccccc2/C=N\Nc2nc3ccccc3[nH]2)cc1. The fraction of sp³-hybridized carbons (Fsp3) is 0.0476. The van der Waals surface area contributed by atoms with Gasteiger partial charge in [-0.1, -0.05) is 24.3 Å². The summed E-state index contributed by atoms with van der Waals surface area (Å²) in [5, 5.41) is 15.0. The van der Waals surface area contributed by atoms with Gasteiger partial charge in [-0.25, -0.2) is 10.4 Å². The molecule has 0 spiro atoms. The van der Waals surface area contributed by atoms with Gasteiger partial charge in [0.05, 0.1) is 22.2 Å². The van der Waals surface area contributed by atoms with Gasteiger partial charge in [-0.15, -0.1) is 0 Å². The molecule has 1 heterocycles. The van der Waals surface area contributed by atoms with Crippen LogP contribution in [0.3, 0.4) is 0 Å². The van der Waals surface area contributed by atoms with E-state index < -0.39 is 4.92 Å². The number of hydrogen-bond acceptors (Lipinski definition) is 6. The third-order valence-corrected chi connectivity index (χ3v) is 4.22. The lowest BCUT2D eigenvalue weighted by Gasteiger charge is -2.09. The number of aromatic amines is 1. The van der Waals surface area contributed by atoms with E-state index in [1.54, 1.807) is 18.3 Å². The Morgan fingerprint density at radius 3 is 2.62 bits per heavy atom. The number of nitrogens with zero attached hydrogens (tertiary/aromatic N) is 3. The maximum absolute atomic E-state index is 10.7. The van der Waals surface area contributed by atoms with E-state index in [-0.39, 0.29) is 5.69 Å². The number of hydrazone groups is 1. The van der Waals surface area contributed by atoms with Crippen LogP contribution in [0.15, 0.2) is 77.9 Å². The van der Waals surface area contributed by atoms with Crippen molar-refractivity contribution >= 4 is 28.9 Å². The molecule has 29 heavy (non-hydrogen) atoms. The second-order valence-corrected chi connectivity index (χ2v) is 6.22. The summed E-state index contributed by atoms with van der Waals surface area (Å²) in [4.78, 5) is 17.9. The van der Waals surface area contributed by atoms with E-state index in [0.717, 1.165) is 22.2 Å². The van der Waals surface area contributed by atoms with Gasteiger partial charge >= 0.3 is 0 Å². The molecule has 0 radical (unpaired) electrons. The number of aromatic nitrogens is 2. The number of nitrogens with one attached hydrogen (secondary N) is 2. The lowest BCUT2D eigenvalue weighted by molar-refractivity contribution is -0.384. The van der Waals surface area contributed by atoms with E-state index in [1.165, 1.54) is 12.1 Å². The van der Waals surface area contributed by atoms with Crippen LogP contribution in [-0.4, -0.2) is 21.1 Å². The zero-order valence-electron chi connectivity index (χ0n) is 15.3. The van der Waals surface area contributed by atoms with Crippen molar-refractivity contribution in [1.29, 1.82) is 0 Å². The maximum atomic E-state index is 10.7. The predicted octanol–water partition coefficient (Wildman–Crippen LogP) is 4.50. The quantitative estimate of drug-likeness (QED) is 0.276. The number of fused-ring (bicyclic) bond motifs is 1. The third kappa shape index (κ3) is 4.38. The largest absolute Gasteiger partial charge is 0.488 e. The van der Waals surface area contributed by atoms with Crippen LogP contribution in [0, 0.1) is 10.1 Å². The molecular formula is C21H17N5O3. The summed E-state index contributed by atoms with van der Waals surface area (Å²) in [6, 6.07) is 21.5. The normalized spacial score (nSPS) is 11.0. The molecule has 3 aromatic carbocycles. The highest BCUT2D eigenvalue weighted by atomic mass is 16.6. The fourth-order valence-electron chi connectivity index (χ4n) is 2.76. The Morgan fingerprint density at radius 1 is 1.07 bits per heavy atom. The molecule has 0 saturated carbocycles. The van der Waals surface area contributed by atoms with Gasteiger partial charge in [-0.05, 0) is 42.0 Å². The van der Waals surface area contributed by atoms with Crippen molar-refractivity contribution in [1.82, 2.24) is 9.97 Å². The number of ether oxygens (including phenoxy) is 1. The van der Waals surface area contributed by atoms with Crippen molar-refractivity contribution in [3.63, 3.8) is 0 Å². The first kappa shape index (κ1) is 18.2. The maximum Gasteiger partial charge on any atom is 0.269 e. The smallest absolute Gasteiger partial charge is 0.269 e. The van der Waals surface area contributed by atoms with E-state index in [4.69, 9.17) is 4.74 Å². The van der Waals surface area contributed by atoms with Gasteiger partial charge in [-0.3, -0.25) is 10.1 Å². The topological polar surface area (TPSA) is 105 Å². The van der Waals surface area contributed by atoms with Crippen LogP contribution in [0.2, 0.25) is 0 Å². The van der Waals surface area contributed by atoms with Crippen LogP contribution in [0.5, 0.6) is 5.75 Å². The number of imidazole rings is 1. The Morgan fingerprint density at radius 2 is 1.83 bits per heavy atom. The number of H-pyrrole nitrogens is 1. The van der Waals surface area contributed by atoms with E-state index in [9.17, 15) is 10.1 Å². The molecule has 8 heteroatoms. The molecule has 144 valence electrons. The molecule has 0 aliphatic heterocycles. The Hall–Kier alpha value is -4.20. The van der Waals surface area contributed by atoms with Crippen LogP contribution < -0.4 is 10.2 Å². The molecule has 0 saturated heterocycles. The minimum Gasteiger partial charge on any atom is -0.488 e. The summed E-state index contributed by atoms with van der Waals surface area (Å²) in [7, 11) is 0. The molecule has 0 amide bonds. The molecule has 2 N–H and O–H groups in total. The highest BCUT2D eigenvalue weighted by Gasteiger charge is 2.06. The average Bonchev–Trinajstić information content (AvgIpc) is 3.16. The number of rotatable bonds is 7. The Bertz CT molecular complexity index is 1140. The van der Waals surface area contributed by atoms with Gasteiger partial charge in [0, 0.05) is 17.7 Å². The zero-order valence-corrected chi connectivity index (χ0v) is 15.3. The molecule has 0 bridgehead atoms. The summed E-state index contributed by atoms with van der Waals surface area (Å²) in [5.41, 5.74) is 6.35. The first-order chi connectivity index (χ1) is 14.2. The number of non-ortho nitro benzene ring substituents is 1. The van der Waals surface area contributed by atoms with Gasteiger partial charge in [0.25, 0.3) is 5.69 Å². The van der Waals surface area contributed by atoms with E-state index in [2.05, 4.69) is 20.5 Å². The molecule has 0 atom stereocenters. The molecule has 8 nitrogen and oxygen atoms in total. The molecule has 4 rings (SSSR count). The number of benzene rings is 3. The van der Waals surface area contributed by atoms with Crippen molar-refractivity contribution in [2.45, 2.75) is 6.61 Å². The predicted molar refractivity (Wildman–Crippen MR) is 111 cm³/mol. The lowest BCUT2D eigenvalue weighted by Crippen LogP contribution is -1.99. The van der Waals surface area contributed by atoms with Gasteiger partial charge in [0.2, 0.25) is 5.95 Å². The Labute approximate surface area is 166 Å². The molecule has 0 aliphatic carbocycles. The highest BCUT2D eigenvalue weighted by molar-refractivity contribution is 5.84. The first-order valence-electron chi connectivity index (χ1n) is 8.88. The fourth-order valence-corrected chi connectivity index (χ4v) is 2.76. The van der Waals surface area contributed by atoms with Crippen molar-refractivity contribution < 1.29 is 9.66 Å². The monoisotopic (exact) mass is 387 g/mol. The van der Waals surface area contributed by atoms with Crippen LogP contribution >= 0.6 is 0 Å². The first-order valence-corrected chi connectivity index (χ1v) is 8.88. The number of nitro groups is 1. The number of nitro benzene ring substituents is 1. The number of hydrogen-bond donors (Lipinski definition) is 2. The van der Waals surface area contributed by atoms with Gasteiger partial charge in [0.1, 0.15) is 12.4 Å². The van der Waals surface area contributed by atoms with Crippen LogP contribution in [0.25, 0.3) is 11.0 Å². The van der Waals surface area contributed by atoms with Crippen molar-refractivity contribution in [2.75, 3.05) is 5.43 Å². The second kappa shape index (κ2) is 8.22. The summed E-state index contributed by atoms with van der Waals surface area (Å²) >= 11 is 0. The average molecular weight is 387 g/mol. The third-order valence-electron chi connectivity index (χ3n) is 4.22. The minimum atomic E-state index is -0.425. The number of para-hydroxylation sites is 3. The summed E-state index contributed by atoms with van der Waals surface area (Å²) < 4.78 is 5.86. The van der Waals surface area contributed by atoms with E-state index >= 15 is 0 Å². The van der Waals surface area contributed by atoms with Crippen LogP contribution in [-0.2, 0) is 6.61 Å². The van der Waals surface area contributed by atoms with Gasteiger partial charge < -0.3 is 9.72 Å². The van der Waals surface area contributed by atoms with Gasteiger partial charge in [0.15, 0.2) is 0 Å². The lowest BCUT2D eigenvalue weighted by atomic mass is 10.2. The van der Waals surface area contributed by atoms with E-state index in [1.807, 2.05) is 48.5 Å². The molecule has 4 aromatic rings. The molecule has 0 unspecified atom stereocenters. The Balaban J connectivity index is 1.42. The summed E-state index contributed by atoms with van der Waals surface area (Å²) in [5.74, 6) is 1.20. The van der Waals surface area contributed by atoms with Crippen molar-refractivity contribution in [2.24, 2.45) is 5.10 Å². The standard InChI is InChI=1S/C21H17N5O3/c27-26(28)17-11-9-15(10-12-17)14-29-20-8-4-1-5-16(20)13-22-25-21-23-18-6-2-3-7-19(18)24-21/h1-13H,14H2,(H2,23,24,25)/b22-13-. The van der Waals surface area contributed by atoms with Crippen molar-refractivity contribution in [3.05, 3.63) is 94.0 Å². The molecular weight excluding hydrogens is 370 g/mol. The molecule has 0 fully saturated rings. The molecule has 0 aliphatic rings. The number of anilines is 1. The van der Waals surface area contributed by atoms with Gasteiger partial charge in [-0.2, -0.15) is 5.10 Å².